The monoisotopic (exact) mass is 173 g/mol. The summed E-state index contributed by atoms with van der Waals surface area (Å²) in [5.41, 5.74) is 0. The van der Waals surface area contributed by atoms with Gasteiger partial charge in [0.05, 0.1) is 6.61 Å². The first-order valence-electron chi connectivity index (χ1n) is 4.82. The van der Waals surface area contributed by atoms with Gasteiger partial charge in [0.2, 0.25) is 0 Å². The van der Waals surface area contributed by atoms with E-state index >= 15 is 0 Å². The van der Waals surface area contributed by atoms with Crippen molar-refractivity contribution in [3.05, 3.63) is 0 Å². The second kappa shape index (κ2) is 6.44. The van der Waals surface area contributed by atoms with Gasteiger partial charge in [-0.25, -0.2) is 0 Å². The van der Waals surface area contributed by atoms with E-state index in [1.165, 1.54) is 0 Å². The van der Waals surface area contributed by atoms with Gasteiger partial charge in [-0.1, -0.05) is 20.8 Å². The number of rotatable bonds is 6. The molecule has 0 rings (SSSR count). The van der Waals surface area contributed by atoms with Crippen LogP contribution in [-0.4, -0.2) is 26.3 Å². The molecule has 0 saturated carbocycles. The van der Waals surface area contributed by atoms with Crippen molar-refractivity contribution in [3.8, 4) is 0 Å². The first kappa shape index (κ1) is 11.9. The van der Waals surface area contributed by atoms with Gasteiger partial charge in [-0.2, -0.15) is 0 Å². The van der Waals surface area contributed by atoms with Gasteiger partial charge in [0.25, 0.3) is 0 Å². The summed E-state index contributed by atoms with van der Waals surface area (Å²) < 4.78 is 4.97. The minimum absolute atomic E-state index is 0.583. The van der Waals surface area contributed by atoms with Crippen LogP contribution in [0.4, 0.5) is 0 Å². The van der Waals surface area contributed by atoms with Gasteiger partial charge in [0.1, 0.15) is 0 Å². The van der Waals surface area contributed by atoms with Crippen molar-refractivity contribution in [3.63, 3.8) is 0 Å². The fraction of sp³-hybridized carbons (Fsp3) is 1.00. The van der Waals surface area contributed by atoms with Crippen LogP contribution >= 0.6 is 0 Å². The molecule has 0 aliphatic carbocycles. The zero-order valence-corrected chi connectivity index (χ0v) is 9.05. The quantitative estimate of drug-likeness (QED) is 0.619. The Labute approximate surface area is 76.7 Å². The van der Waals surface area contributed by atoms with Crippen LogP contribution in [0.2, 0.25) is 0 Å². The van der Waals surface area contributed by atoms with Crippen LogP contribution in [0, 0.1) is 11.8 Å². The molecule has 0 aromatic rings. The Hall–Kier alpha value is -0.0800. The highest BCUT2D eigenvalue weighted by atomic mass is 16.5. The molecule has 2 unspecified atom stereocenters. The van der Waals surface area contributed by atoms with Gasteiger partial charge in [0.15, 0.2) is 0 Å². The average molecular weight is 173 g/mol. The van der Waals surface area contributed by atoms with Crippen LogP contribution < -0.4 is 5.32 Å². The maximum atomic E-state index is 4.97. The third-order valence-corrected chi connectivity index (χ3v) is 2.61. The van der Waals surface area contributed by atoms with Gasteiger partial charge < -0.3 is 10.1 Å². The highest BCUT2D eigenvalue weighted by Crippen LogP contribution is 2.13. The summed E-state index contributed by atoms with van der Waals surface area (Å²) in [4.78, 5) is 0. The third kappa shape index (κ3) is 4.73. The topological polar surface area (TPSA) is 21.3 Å². The molecule has 0 bridgehead atoms. The fourth-order valence-corrected chi connectivity index (χ4v) is 1.15. The molecule has 2 nitrogen and oxygen atoms in total. The summed E-state index contributed by atoms with van der Waals surface area (Å²) in [7, 11) is 1.73. The Bertz CT molecular complexity index is 104. The van der Waals surface area contributed by atoms with Gasteiger partial charge >= 0.3 is 0 Å². The molecule has 2 heteroatoms. The first-order valence-corrected chi connectivity index (χ1v) is 4.82. The van der Waals surface area contributed by atoms with Crippen molar-refractivity contribution in [2.24, 2.45) is 11.8 Å². The van der Waals surface area contributed by atoms with Crippen LogP contribution in [0.25, 0.3) is 0 Å². The van der Waals surface area contributed by atoms with Crippen molar-refractivity contribution in [2.45, 2.75) is 33.7 Å². The Kier molecular flexibility index (Phi) is 6.39. The molecule has 2 atom stereocenters. The van der Waals surface area contributed by atoms with E-state index < -0.39 is 0 Å². The Morgan fingerprint density at radius 1 is 1.17 bits per heavy atom. The van der Waals surface area contributed by atoms with Gasteiger partial charge in [-0.05, 0) is 18.8 Å². The average Bonchev–Trinajstić information content (AvgIpc) is 2.03. The second-order valence-corrected chi connectivity index (χ2v) is 3.84. The lowest BCUT2D eigenvalue weighted by atomic mass is 9.91. The van der Waals surface area contributed by atoms with Crippen LogP contribution in [0.1, 0.15) is 27.7 Å². The van der Waals surface area contributed by atoms with E-state index in [-0.39, 0.29) is 0 Å². The minimum atomic E-state index is 0.583. The summed E-state index contributed by atoms with van der Waals surface area (Å²) >= 11 is 0. The van der Waals surface area contributed by atoms with E-state index in [0.717, 1.165) is 25.0 Å². The number of nitrogens with one attached hydrogen (secondary N) is 1. The van der Waals surface area contributed by atoms with Crippen molar-refractivity contribution < 1.29 is 4.74 Å². The molecule has 12 heavy (non-hydrogen) atoms. The SMILES string of the molecule is COCCNC(C)C(C)C(C)C. The molecule has 74 valence electrons. The second-order valence-electron chi connectivity index (χ2n) is 3.84. The summed E-state index contributed by atoms with van der Waals surface area (Å²) in [5, 5.41) is 3.44. The lowest BCUT2D eigenvalue weighted by molar-refractivity contribution is 0.189. The molecule has 0 radical (unpaired) electrons. The fourth-order valence-electron chi connectivity index (χ4n) is 1.15. The minimum Gasteiger partial charge on any atom is -0.383 e. The van der Waals surface area contributed by atoms with E-state index in [9.17, 15) is 0 Å². The van der Waals surface area contributed by atoms with Crippen LogP contribution in [0.5, 0.6) is 0 Å². The van der Waals surface area contributed by atoms with Crippen molar-refractivity contribution in [1.82, 2.24) is 5.32 Å². The Morgan fingerprint density at radius 3 is 2.17 bits per heavy atom. The Balaban J connectivity index is 3.49. The molecular formula is C10H23NO. The molecule has 0 aliphatic heterocycles. The molecule has 0 aliphatic rings. The van der Waals surface area contributed by atoms with E-state index in [1.807, 2.05) is 0 Å². The maximum Gasteiger partial charge on any atom is 0.0587 e. The number of ether oxygens (including phenoxy) is 1. The van der Waals surface area contributed by atoms with Crippen molar-refractivity contribution in [1.29, 1.82) is 0 Å². The molecule has 0 aromatic carbocycles. The molecule has 0 aromatic heterocycles. The lowest BCUT2D eigenvalue weighted by Crippen LogP contribution is -2.36. The summed E-state index contributed by atoms with van der Waals surface area (Å²) in [6.45, 7) is 10.8. The van der Waals surface area contributed by atoms with Gasteiger partial charge in [0, 0.05) is 19.7 Å². The standard InChI is InChI=1S/C10H23NO/c1-8(2)9(3)10(4)11-6-7-12-5/h8-11H,6-7H2,1-5H3. The predicted molar refractivity (Wildman–Crippen MR) is 53.3 cm³/mol. The molecule has 0 amide bonds. The van der Waals surface area contributed by atoms with E-state index in [0.29, 0.717) is 6.04 Å². The highest BCUT2D eigenvalue weighted by molar-refractivity contribution is 4.70. The Morgan fingerprint density at radius 2 is 1.75 bits per heavy atom. The van der Waals surface area contributed by atoms with Crippen molar-refractivity contribution in [2.75, 3.05) is 20.3 Å². The number of hydrogen-bond donors (Lipinski definition) is 1. The molecule has 1 N–H and O–H groups in total. The molecular weight excluding hydrogens is 150 g/mol. The van der Waals surface area contributed by atoms with Gasteiger partial charge in [-0.15, -0.1) is 0 Å². The largest absolute Gasteiger partial charge is 0.383 e. The third-order valence-electron chi connectivity index (χ3n) is 2.61. The molecule has 0 fully saturated rings. The maximum absolute atomic E-state index is 4.97. The normalized spacial score (nSPS) is 16.5. The van der Waals surface area contributed by atoms with E-state index in [4.69, 9.17) is 4.74 Å². The summed E-state index contributed by atoms with van der Waals surface area (Å²) in [5.74, 6) is 1.47. The van der Waals surface area contributed by atoms with Crippen LogP contribution in [-0.2, 0) is 4.74 Å². The van der Waals surface area contributed by atoms with Crippen LogP contribution in [0.15, 0.2) is 0 Å². The lowest BCUT2D eigenvalue weighted by Gasteiger charge is -2.24. The molecule has 0 heterocycles. The van der Waals surface area contributed by atoms with Crippen molar-refractivity contribution >= 4 is 0 Å². The zero-order chi connectivity index (χ0) is 9.56. The first-order chi connectivity index (χ1) is 5.59. The molecule has 0 spiro atoms. The van der Waals surface area contributed by atoms with Crippen LogP contribution in [0.3, 0.4) is 0 Å². The predicted octanol–water partition coefficient (Wildman–Crippen LogP) is 1.90. The molecule has 0 saturated heterocycles. The smallest absolute Gasteiger partial charge is 0.0587 e. The zero-order valence-electron chi connectivity index (χ0n) is 9.05. The number of methoxy groups -OCH3 is 1. The van der Waals surface area contributed by atoms with E-state index in [2.05, 4.69) is 33.0 Å². The summed E-state index contributed by atoms with van der Waals surface area (Å²) in [6, 6.07) is 0.583. The highest BCUT2D eigenvalue weighted by Gasteiger charge is 2.14. The van der Waals surface area contributed by atoms with E-state index in [1.54, 1.807) is 7.11 Å². The number of hydrogen-bond acceptors (Lipinski definition) is 2. The van der Waals surface area contributed by atoms with Gasteiger partial charge in [-0.3, -0.25) is 0 Å². The summed E-state index contributed by atoms with van der Waals surface area (Å²) in [6.07, 6.45) is 0.